The third-order valence-electron chi connectivity index (χ3n) is 1.91. The summed E-state index contributed by atoms with van der Waals surface area (Å²) in [6.45, 7) is 0. The summed E-state index contributed by atoms with van der Waals surface area (Å²) in [4.78, 5) is 20.4. The van der Waals surface area contributed by atoms with Gasteiger partial charge in [0.15, 0.2) is 6.10 Å². The van der Waals surface area contributed by atoms with Crippen molar-refractivity contribution in [3.63, 3.8) is 0 Å². The molecule has 1 atom stereocenters. The van der Waals surface area contributed by atoms with E-state index in [1.807, 2.05) is 0 Å². The SMILES string of the molecule is COc1cc(C(O)C(=O)O)cc([N+](=O)[O-])c1. The number of methoxy groups -OCH3 is 1. The van der Waals surface area contributed by atoms with Crippen LogP contribution >= 0.6 is 0 Å². The summed E-state index contributed by atoms with van der Waals surface area (Å²) in [5, 5.41) is 28.3. The Morgan fingerprint density at radius 2 is 2.12 bits per heavy atom. The molecule has 16 heavy (non-hydrogen) atoms. The molecule has 0 bridgehead atoms. The Morgan fingerprint density at radius 3 is 2.56 bits per heavy atom. The molecule has 86 valence electrons. The summed E-state index contributed by atoms with van der Waals surface area (Å²) in [6.07, 6.45) is -1.81. The Balaban J connectivity index is 3.23. The molecule has 0 aromatic heterocycles. The smallest absolute Gasteiger partial charge is 0.337 e. The zero-order chi connectivity index (χ0) is 12.3. The number of carboxylic acids is 1. The van der Waals surface area contributed by atoms with E-state index in [1.54, 1.807) is 0 Å². The van der Waals surface area contributed by atoms with Crippen molar-refractivity contribution in [1.82, 2.24) is 0 Å². The number of nitro benzene ring substituents is 1. The van der Waals surface area contributed by atoms with Gasteiger partial charge in [0.05, 0.1) is 18.1 Å². The molecule has 1 aromatic rings. The van der Waals surface area contributed by atoms with Crippen molar-refractivity contribution in [1.29, 1.82) is 0 Å². The minimum absolute atomic E-state index is 0.0986. The van der Waals surface area contributed by atoms with Crippen LogP contribution in [0.15, 0.2) is 18.2 Å². The van der Waals surface area contributed by atoms with Gasteiger partial charge in [0.1, 0.15) is 5.75 Å². The summed E-state index contributed by atoms with van der Waals surface area (Å²) in [5.41, 5.74) is -0.437. The lowest BCUT2D eigenvalue weighted by Gasteiger charge is -2.07. The first-order valence-electron chi connectivity index (χ1n) is 4.20. The van der Waals surface area contributed by atoms with E-state index in [1.165, 1.54) is 13.2 Å². The first-order chi connectivity index (χ1) is 7.45. The number of nitro groups is 1. The Bertz CT molecular complexity index is 430. The zero-order valence-electron chi connectivity index (χ0n) is 8.28. The second kappa shape index (κ2) is 4.58. The predicted molar refractivity (Wildman–Crippen MR) is 52.2 cm³/mol. The number of aliphatic hydroxyl groups excluding tert-OH is 1. The van der Waals surface area contributed by atoms with Crippen molar-refractivity contribution >= 4 is 11.7 Å². The Hall–Kier alpha value is -2.15. The number of aliphatic hydroxyl groups is 1. The highest BCUT2D eigenvalue weighted by molar-refractivity contribution is 5.74. The fourth-order valence-corrected chi connectivity index (χ4v) is 1.13. The van der Waals surface area contributed by atoms with Crippen LogP contribution in [0.2, 0.25) is 0 Å². The number of carbonyl (C=O) groups is 1. The molecular formula is C9H9NO6. The van der Waals surface area contributed by atoms with Crippen molar-refractivity contribution in [3.05, 3.63) is 33.9 Å². The van der Waals surface area contributed by atoms with Gasteiger partial charge in [-0.15, -0.1) is 0 Å². The molecule has 0 saturated carbocycles. The Labute approximate surface area is 90.0 Å². The molecule has 0 aliphatic heterocycles. The highest BCUT2D eigenvalue weighted by Gasteiger charge is 2.20. The summed E-state index contributed by atoms with van der Waals surface area (Å²) < 4.78 is 4.77. The minimum Gasteiger partial charge on any atom is -0.496 e. The zero-order valence-corrected chi connectivity index (χ0v) is 8.28. The molecule has 0 radical (unpaired) electrons. The summed E-state index contributed by atoms with van der Waals surface area (Å²) >= 11 is 0. The maximum absolute atomic E-state index is 10.5. The van der Waals surface area contributed by atoms with Crippen molar-refractivity contribution in [2.45, 2.75) is 6.10 Å². The molecule has 1 aromatic carbocycles. The Kier molecular flexibility index (Phi) is 3.41. The first kappa shape index (κ1) is 11.9. The fourth-order valence-electron chi connectivity index (χ4n) is 1.13. The number of hydrogen-bond donors (Lipinski definition) is 2. The maximum atomic E-state index is 10.5. The average Bonchev–Trinajstić information content (AvgIpc) is 2.27. The number of nitrogens with zero attached hydrogens (tertiary/aromatic N) is 1. The molecule has 1 unspecified atom stereocenters. The van der Waals surface area contributed by atoms with Crippen molar-refractivity contribution in [2.75, 3.05) is 7.11 Å². The van der Waals surface area contributed by atoms with Crippen LogP contribution in [0.5, 0.6) is 5.75 Å². The molecule has 0 aliphatic carbocycles. The average molecular weight is 227 g/mol. The van der Waals surface area contributed by atoms with Gasteiger partial charge in [0.25, 0.3) is 5.69 Å². The van der Waals surface area contributed by atoms with E-state index in [-0.39, 0.29) is 17.0 Å². The maximum Gasteiger partial charge on any atom is 0.337 e. The molecule has 0 heterocycles. The molecule has 0 spiro atoms. The number of benzene rings is 1. The number of aliphatic carboxylic acids is 1. The van der Waals surface area contributed by atoms with E-state index in [9.17, 15) is 20.0 Å². The highest BCUT2D eigenvalue weighted by Crippen LogP contribution is 2.26. The van der Waals surface area contributed by atoms with Crippen molar-refractivity contribution in [3.8, 4) is 5.75 Å². The molecule has 0 saturated heterocycles. The molecule has 2 N–H and O–H groups in total. The Morgan fingerprint density at radius 1 is 1.50 bits per heavy atom. The van der Waals surface area contributed by atoms with Crippen LogP contribution in [0.3, 0.4) is 0 Å². The van der Waals surface area contributed by atoms with E-state index < -0.39 is 17.0 Å². The number of non-ortho nitro benzene ring substituents is 1. The summed E-state index contributed by atoms with van der Waals surface area (Å²) in [6, 6.07) is 3.35. The van der Waals surface area contributed by atoms with Crippen molar-refractivity contribution < 1.29 is 24.7 Å². The molecule has 0 aliphatic rings. The molecule has 0 amide bonds. The van der Waals surface area contributed by atoms with Crippen LogP contribution in [-0.2, 0) is 4.79 Å². The van der Waals surface area contributed by atoms with Crippen molar-refractivity contribution in [2.24, 2.45) is 0 Å². The van der Waals surface area contributed by atoms with Gasteiger partial charge in [0, 0.05) is 11.6 Å². The van der Waals surface area contributed by atoms with Crippen LogP contribution in [0.25, 0.3) is 0 Å². The van der Waals surface area contributed by atoms with Crippen LogP contribution in [0.4, 0.5) is 5.69 Å². The largest absolute Gasteiger partial charge is 0.496 e. The first-order valence-corrected chi connectivity index (χ1v) is 4.20. The molecule has 1 rings (SSSR count). The number of ether oxygens (including phenoxy) is 1. The van der Waals surface area contributed by atoms with E-state index >= 15 is 0 Å². The normalized spacial score (nSPS) is 11.9. The number of rotatable bonds is 4. The van der Waals surface area contributed by atoms with Gasteiger partial charge in [-0.3, -0.25) is 10.1 Å². The second-order valence-electron chi connectivity index (χ2n) is 2.96. The second-order valence-corrected chi connectivity index (χ2v) is 2.96. The van der Waals surface area contributed by atoms with Crippen LogP contribution in [0, 0.1) is 10.1 Å². The monoisotopic (exact) mass is 227 g/mol. The van der Waals surface area contributed by atoms with Gasteiger partial charge in [-0.2, -0.15) is 0 Å². The van der Waals surface area contributed by atoms with Gasteiger partial charge in [-0.1, -0.05) is 0 Å². The van der Waals surface area contributed by atoms with E-state index in [4.69, 9.17) is 9.84 Å². The predicted octanol–water partition coefficient (Wildman–Crippen LogP) is 0.721. The van der Waals surface area contributed by atoms with E-state index in [0.717, 1.165) is 12.1 Å². The van der Waals surface area contributed by atoms with Gasteiger partial charge < -0.3 is 14.9 Å². The third-order valence-corrected chi connectivity index (χ3v) is 1.91. The van der Waals surface area contributed by atoms with Crippen LogP contribution < -0.4 is 4.74 Å². The van der Waals surface area contributed by atoms with Gasteiger partial charge >= 0.3 is 5.97 Å². The van der Waals surface area contributed by atoms with Crippen LogP contribution in [0.1, 0.15) is 11.7 Å². The lowest BCUT2D eigenvalue weighted by Crippen LogP contribution is -2.10. The number of hydrogen-bond acceptors (Lipinski definition) is 5. The molecule has 7 nitrogen and oxygen atoms in total. The van der Waals surface area contributed by atoms with Gasteiger partial charge in [-0.05, 0) is 6.07 Å². The van der Waals surface area contributed by atoms with Gasteiger partial charge in [-0.25, -0.2) is 4.79 Å². The number of carboxylic acid groups (broad SMARTS) is 1. The summed E-state index contributed by atoms with van der Waals surface area (Å²) in [5.74, 6) is -1.37. The topological polar surface area (TPSA) is 110 Å². The molecular weight excluding hydrogens is 218 g/mol. The van der Waals surface area contributed by atoms with Crippen LogP contribution in [-0.4, -0.2) is 28.2 Å². The lowest BCUT2D eigenvalue weighted by atomic mass is 10.1. The van der Waals surface area contributed by atoms with E-state index in [0.29, 0.717) is 0 Å². The molecule has 7 heteroatoms. The fraction of sp³-hybridized carbons (Fsp3) is 0.222. The lowest BCUT2D eigenvalue weighted by molar-refractivity contribution is -0.385. The third kappa shape index (κ3) is 2.45. The van der Waals surface area contributed by atoms with E-state index in [2.05, 4.69) is 0 Å². The summed E-state index contributed by atoms with van der Waals surface area (Å²) in [7, 11) is 1.29. The minimum atomic E-state index is -1.81. The highest BCUT2D eigenvalue weighted by atomic mass is 16.6. The van der Waals surface area contributed by atoms with Gasteiger partial charge in [0.2, 0.25) is 0 Å². The standard InChI is InChI=1S/C9H9NO6/c1-16-7-3-5(8(11)9(12)13)2-6(4-7)10(14)15/h2-4,8,11H,1H3,(H,12,13). The quantitative estimate of drug-likeness (QED) is 0.579. The molecule has 0 fully saturated rings.